The van der Waals surface area contributed by atoms with E-state index in [4.69, 9.17) is 0 Å². The first kappa shape index (κ1) is 20.8. The van der Waals surface area contributed by atoms with Crippen LogP contribution in [0.4, 0.5) is 8.78 Å². The number of halogens is 3. The third-order valence-electron chi connectivity index (χ3n) is 3.10. The minimum atomic E-state index is -0.464. The molecule has 0 saturated heterocycles. The second-order valence-corrected chi connectivity index (χ2v) is 6.03. The highest BCUT2D eigenvalue weighted by molar-refractivity contribution is 14.0. The molecule has 0 amide bonds. The van der Waals surface area contributed by atoms with Gasteiger partial charge in [0.1, 0.15) is 11.6 Å². The van der Waals surface area contributed by atoms with Crippen molar-refractivity contribution in [1.29, 1.82) is 0 Å². The van der Waals surface area contributed by atoms with E-state index in [-0.39, 0.29) is 36.1 Å². The van der Waals surface area contributed by atoms with Gasteiger partial charge in [0.25, 0.3) is 0 Å². The maximum absolute atomic E-state index is 13.6. The van der Waals surface area contributed by atoms with Crippen LogP contribution in [0.15, 0.2) is 28.6 Å². The highest BCUT2D eigenvalue weighted by Gasteiger charge is 2.05. The fourth-order valence-corrected chi connectivity index (χ4v) is 2.65. The lowest BCUT2D eigenvalue weighted by Crippen LogP contribution is -2.38. The van der Waals surface area contributed by atoms with E-state index >= 15 is 0 Å². The van der Waals surface area contributed by atoms with E-state index in [1.807, 2.05) is 19.2 Å². The van der Waals surface area contributed by atoms with Crippen LogP contribution in [0, 0.1) is 18.6 Å². The molecule has 8 heteroatoms. The summed E-state index contributed by atoms with van der Waals surface area (Å²) in [5.41, 5.74) is 1.27. The number of aryl methyl sites for hydroxylation is 1. The van der Waals surface area contributed by atoms with Crippen molar-refractivity contribution in [3.63, 3.8) is 0 Å². The third kappa shape index (κ3) is 6.68. The quantitative estimate of drug-likeness (QED) is 0.389. The Balaban J connectivity index is 0.00000288. The van der Waals surface area contributed by atoms with Crippen molar-refractivity contribution in [1.82, 2.24) is 15.6 Å². The van der Waals surface area contributed by atoms with Gasteiger partial charge < -0.3 is 10.6 Å². The van der Waals surface area contributed by atoms with Crippen molar-refractivity contribution < 1.29 is 8.78 Å². The Kier molecular flexibility index (Phi) is 9.12. The number of hydrogen-bond donors (Lipinski definition) is 2. The Labute approximate surface area is 161 Å². The first-order valence-corrected chi connectivity index (χ1v) is 8.33. The SMILES string of the molecule is CCNC(=NCc1cc(F)ccc1F)NCCc1csc(C)n1.I. The molecule has 0 fully saturated rings. The zero-order valence-corrected chi connectivity index (χ0v) is 16.8. The largest absolute Gasteiger partial charge is 0.357 e. The van der Waals surface area contributed by atoms with Crippen molar-refractivity contribution in [2.45, 2.75) is 26.8 Å². The van der Waals surface area contributed by atoms with Crippen molar-refractivity contribution in [2.75, 3.05) is 13.1 Å². The zero-order valence-electron chi connectivity index (χ0n) is 13.6. The highest BCUT2D eigenvalue weighted by Crippen LogP contribution is 2.11. The van der Waals surface area contributed by atoms with E-state index in [1.54, 1.807) is 11.3 Å². The van der Waals surface area contributed by atoms with Gasteiger partial charge in [0, 0.05) is 30.5 Å². The van der Waals surface area contributed by atoms with E-state index in [0.717, 1.165) is 29.3 Å². The monoisotopic (exact) mass is 466 g/mol. The lowest BCUT2D eigenvalue weighted by molar-refractivity contribution is 0.585. The van der Waals surface area contributed by atoms with Gasteiger partial charge in [0.05, 0.1) is 17.2 Å². The van der Waals surface area contributed by atoms with E-state index < -0.39 is 11.6 Å². The Hall–Kier alpha value is -1.29. The highest BCUT2D eigenvalue weighted by atomic mass is 127. The molecule has 0 bridgehead atoms. The number of guanidine groups is 1. The minimum absolute atomic E-state index is 0. The Morgan fingerprint density at radius 2 is 2.08 bits per heavy atom. The smallest absolute Gasteiger partial charge is 0.191 e. The van der Waals surface area contributed by atoms with E-state index in [9.17, 15) is 8.78 Å². The molecule has 0 saturated carbocycles. The average Bonchev–Trinajstić information content (AvgIpc) is 2.93. The number of aliphatic imine (C=N–C) groups is 1. The van der Waals surface area contributed by atoms with Crippen molar-refractivity contribution in [2.24, 2.45) is 4.99 Å². The first-order valence-electron chi connectivity index (χ1n) is 7.45. The van der Waals surface area contributed by atoms with Gasteiger partial charge in [-0.1, -0.05) is 0 Å². The van der Waals surface area contributed by atoms with Crippen LogP contribution >= 0.6 is 35.3 Å². The molecule has 4 nitrogen and oxygen atoms in total. The summed E-state index contributed by atoms with van der Waals surface area (Å²) in [7, 11) is 0. The van der Waals surface area contributed by atoms with Gasteiger partial charge in [-0.2, -0.15) is 0 Å². The lowest BCUT2D eigenvalue weighted by Gasteiger charge is -2.11. The molecule has 2 N–H and O–H groups in total. The number of nitrogens with one attached hydrogen (secondary N) is 2. The van der Waals surface area contributed by atoms with E-state index in [2.05, 4.69) is 20.6 Å². The standard InChI is InChI=1S/C16H20F2N4S.HI/c1-3-19-16(20-7-6-14-10-23-11(2)22-14)21-9-12-8-13(17)4-5-15(12)18;/h4-5,8,10H,3,6-7,9H2,1-2H3,(H2,19,20,21);1H. The molecule has 0 spiro atoms. The van der Waals surface area contributed by atoms with Crippen LogP contribution in [0.25, 0.3) is 0 Å². The molecule has 0 atom stereocenters. The predicted molar refractivity (Wildman–Crippen MR) is 105 cm³/mol. The van der Waals surface area contributed by atoms with Gasteiger partial charge in [-0.05, 0) is 32.0 Å². The zero-order chi connectivity index (χ0) is 16.7. The van der Waals surface area contributed by atoms with Crippen LogP contribution in [0.3, 0.4) is 0 Å². The number of rotatable bonds is 6. The van der Waals surface area contributed by atoms with Gasteiger partial charge in [-0.25, -0.2) is 18.8 Å². The summed E-state index contributed by atoms with van der Waals surface area (Å²) in [4.78, 5) is 8.69. The molecule has 2 aromatic rings. The molecule has 24 heavy (non-hydrogen) atoms. The number of hydrogen-bond acceptors (Lipinski definition) is 3. The van der Waals surface area contributed by atoms with Crippen molar-refractivity contribution >= 4 is 41.3 Å². The maximum Gasteiger partial charge on any atom is 0.191 e. The maximum atomic E-state index is 13.6. The number of benzene rings is 1. The van der Waals surface area contributed by atoms with Gasteiger partial charge >= 0.3 is 0 Å². The second-order valence-electron chi connectivity index (χ2n) is 4.97. The molecule has 2 rings (SSSR count). The van der Waals surface area contributed by atoms with Gasteiger partial charge in [-0.3, -0.25) is 0 Å². The topological polar surface area (TPSA) is 49.3 Å². The van der Waals surface area contributed by atoms with Crippen molar-refractivity contribution in [3.8, 4) is 0 Å². The van der Waals surface area contributed by atoms with Crippen LogP contribution in [-0.2, 0) is 13.0 Å². The number of nitrogens with zero attached hydrogens (tertiary/aromatic N) is 2. The second kappa shape index (κ2) is 10.5. The van der Waals surface area contributed by atoms with Crippen molar-refractivity contribution in [3.05, 3.63) is 51.5 Å². The van der Waals surface area contributed by atoms with Crippen LogP contribution in [-0.4, -0.2) is 24.0 Å². The Bertz CT molecular complexity index is 676. The van der Waals surface area contributed by atoms with Crippen LogP contribution in [0.5, 0.6) is 0 Å². The molecule has 0 radical (unpaired) electrons. The molecule has 132 valence electrons. The average molecular weight is 466 g/mol. The molecule has 1 aromatic carbocycles. The lowest BCUT2D eigenvalue weighted by atomic mass is 10.2. The van der Waals surface area contributed by atoms with E-state index in [0.29, 0.717) is 19.0 Å². The summed E-state index contributed by atoms with van der Waals surface area (Å²) in [6, 6.07) is 3.38. The Morgan fingerprint density at radius 3 is 2.75 bits per heavy atom. The predicted octanol–water partition coefficient (Wildman–Crippen LogP) is 3.65. The molecule has 0 unspecified atom stereocenters. The van der Waals surface area contributed by atoms with Gasteiger partial charge in [0.15, 0.2) is 5.96 Å². The molecule has 0 aliphatic rings. The molecule has 0 aliphatic heterocycles. The minimum Gasteiger partial charge on any atom is -0.357 e. The Morgan fingerprint density at radius 1 is 1.29 bits per heavy atom. The third-order valence-corrected chi connectivity index (χ3v) is 3.92. The van der Waals surface area contributed by atoms with Crippen LogP contribution in [0.2, 0.25) is 0 Å². The summed E-state index contributed by atoms with van der Waals surface area (Å²) in [5, 5.41) is 9.33. The van der Waals surface area contributed by atoms with E-state index in [1.165, 1.54) is 6.07 Å². The van der Waals surface area contributed by atoms with Crippen LogP contribution < -0.4 is 10.6 Å². The molecular formula is C16H21F2IN4S. The van der Waals surface area contributed by atoms with Crippen LogP contribution in [0.1, 0.15) is 23.2 Å². The molecule has 1 heterocycles. The first-order chi connectivity index (χ1) is 11.1. The van der Waals surface area contributed by atoms with Gasteiger partial charge in [-0.15, -0.1) is 35.3 Å². The molecule has 0 aliphatic carbocycles. The number of thiazole rings is 1. The summed E-state index contributed by atoms with van der Waals surface area (Å²) >= 11 is 1.62. The fraction of sp³-hybridized carbons (Fsp3) is 0.375. The summed E-state index contributed by atoms with van der Waals surface area (Å²) in [5.74, 6) is -0.347. The fourth-order valence-electron chi connectivity index (χ4n) is 2.00. The summed E-state index contributed by atoms with van der Waals surface area (Å²) in [6.45, 7) is 5.35. The van der Waals surface area contributed by atoms with Gasteiger partial charge in [0.2, 0.25) is 0 Å². The molecular weight excluding hydrogens is 445 g/mol. The summed E-state index contributed by atoms with van der Waals surface area (Å²) in [6.07, 6.45) is 0.781. The summed E-state index contributed by atoms with van der Waals surface area (Å²) < 4.78 is 26.8. The molecule has 1 aromatic heterocycles. The number of aromatic nitrogens is 1. The normalized spacial score (nSPS) is 11.1.